The number of halogens is 12. The van der Waals surface area contributed by atoms with Crippen LogP contribution in [0.1, 0.15) is 130 Å². The van der Waals surface area contributed by atoms with Gasteiger partial charge in [0.2, 0.25) is 0 Å². The van der Waals surface area contributed by atoms with Crippen LogP contribution in [-0.2, 0) is 54.7 Å². The molecule has 3 aliphatic heterocycles. The lowest BCUT2D eigenvalue weighted by Gasteiger charge is -2.42. The van der Waals surface area contributed by atoms with Crippen LogP contribution in [0.3, 0.4) is 0 Å². The number of carbonyl (C=O) groups is 2. The summed E-state index contributed by atoms with van der Waals surface area (Å²) in [5.74, 6) is 0. The summed E-state index contributed by atoms with van der Waals surface area (Å²) in [5.41, 5.74) is 3.86. The number of nitrogens with one attached hydrogen (secondary N) is 5. The quantitative estimate of drug-likeness (QED) is 0.0635. The first-order valence-electron chi connectivity index (χ1n) is 25.1. The van der Waals surface area contributed by atoms with Gasteiger partial charge in [-0.2, -0.15) is 52.7 Å². The summed E-state index contributed by atoms with van der Waals surface area (Å²) in [6.07, 6.45) is -17.9. The molecular weight excluding hydrogens is 1060 g/mol. The first-order valence-corrected chi connectivity index (χ1v) is 25.1. The second-order valence-corrected chi connectivity index (χ2v) is 20.3. The summed E-state index contributed by atoms with van der Waals surface area (Å²) in [4.78, 5) is 24.0. The Balaban J connectivity index is 0.000000272. The molecule has 4 aromatic carbocycles. The van der Waals surface area contributed by atoms with Gasteiger partial charge in [-0.3, -0.25) is 0 Å². The largest absolute Gasteiger partial charge is 0.443 e. The molecule has 0 spiro atoms. The van der Waals surface area contributed by atoms with Gasteiger partial charge >= 0.3 is 36.8 Å². The van der Waals surface area contributed by atoms with E-state index in [1.165, 1.54) is 26.7 Å². The van der Waals surface area contributed by atoms with E-state index in [1.807, 2.05) is 42.5 Å². The highest BCUT2D eigenvalue weighted by atomic mass is 19.4. The minimum Gasteiger partial charge on any atom is -0.443 e. The van der Waals surface area contributed by atoms with Gasteiger partial charge in [0.05, 0.1) is 58.8 Å². The van der Waals surface area contributed by atoms with Crippen molar-refractivity contribution in [3.63, 3.8) is 0 Å². The first-order chi connectivity index (χ1) is 36.3. The number of hydrazine groups is 1. The summed E-state index contributed by atoms with van der Waals surface area (Å²) in [6, 6.07) is 20.3. The van der Waals surface area contributed by atoms with E-state index in [9.17, 15) is 62.3 Å². The molecule has 12 nitrogen and oxygen atoms in total. The maximum absolute atomic E-state index is 13.4. The van der Waals surface area contributed by atoms with Crippen molar-refractivity contribution in [1.82, 2.24) is 26.8 Å². The van der Waals surface area contributed by atoms with E-state index in [0.717, 1.165) is 24.3 Å². The van der Waals surface area contributed by atoms with E-state index >= 15 is 0 Å². The van der Waals surface area contributed by atoms with E-state index in [-0.39, 0.29) is 55.1 Å². The number of hydrogen-bond acceptors (Lipinski definition) is 9. The van der Waals surface area contributed by atoms with Gasteiger partial charge in [-0.25, -0.2) is 20.4 Å². The van der Waals surface area contributed by atoms with Gasteiger partial charge in [0, 0.05) is 38.4 Å². The Morgan fingerprint density at radius 1 is 0.615 bits per heavy atom. The average molecular weight is 1120 g/mol. The van der Waals surface area contributed by atoms with E-state index < -0.39 is 88.0 Å². The molecule has 0 aromatic heterocycles. The third kappa shape index (κ3) is 19.0. The highest BCUT2D eigenvalue weighted by molar-refractivity contribution is 5.78. The van der Waals surface area contributed by atoms with Gasteiger partial charge in [-0.05, 0) is 132 Å². The number of alkyl halides is 12. The van der Waals surface area contributed by atoms with Crippen molar-refractivity contribution in [1.29, 1.82) is 0 Å². The first kappa shape index (κ1) is 63.2. The molecule has 6 atom stereocenters. The monoisotopic (exact) mass is 1120 g/mol. The molecule has 0 aliphatic carbocycles. The second kappa shape index (κ2) is 26.5. The Hall–Kier alpha value is -5.66. The van der Waals surface area contributed by atoms with Gasteiger partial charge in [0.25, 0.3) is 0 Å². The summed E-state index contributed by atoms with van der Waals surface area (Å²) < 4.78 is 181. The fraction of sp³-hybridized carbons (Fsp3) is 0.519. The Morgan fingerprint density at radius 2 is 1.01 bits per heavy atom. The zero-order valence-corrected chi connectivity index (χ0v) is 43.6. The lowest BCUT2D eigenvalue weighted by molar-refractivity contribution is -0.145. The maximum atomic E-state index is 13.4. The molecule has 7 N–H and O–H groups in total. The molecule has 432 valence electrons. The molecule has 3 fully saturated rings. The molecule has 3 aliphatic rings. The van der Waals surface area contributed by atoms with Crippen molar-refractivity contribution in [2.45, 2.75) is 139 Å². The average Bonchev–Trinajstić information content (AvgIpc) is 4.02. The van der Waals surface area contributed by atoms with E-state index in [0.29, 0.717) is 56.5 Å². The van der Waals surface area contributed by atoms with E-state index in [1.54, 1.807) is 39.0 Å². The Kier molecular flexibility index (Phi) is 21.5. The van der Waals surface area contributed by atoms with Crippen LogP contribution in [0.25, 0.3) is 0 Å². The van der Waals surface area contributed by atoms with Crippen molar-refractivity contribution in [3.05, 3.63) is 142 Å². The normalized spacial score (nSPS) is 21.9. The topological polar surface area (TPSA) is 157 Å². The van der Waals surface area contributed by atoms with Gasteiger partial charge in [-0.15, -0.1) is 0 Å². The number of urea groups is 1. The van der Waals surface area contributed by atoms with Crippen LogP contribution in [0.5, 0.6) is 0 Å². The summed E-state index contributed by atoms with van der Waals surface area (Å²) in [6.45, 7) is 10.6. The van der Waals surface area contributed by atoms with Crippen LogP contribution in [0.4, 0.5) is 62.3 Å². The van der Waals surface area contributed by atoms with Crippen LogP contribution >= 0.6 is 0 Å². The van der Waals surface area contributed by atoms with Crippen molar-refractivity contribution in [3.8, 4) is 0 Å². The number of carbonyl (C=O) groups excluding carboxylic acids is 2. The summed E-state index contributed by atoms with van der Waals surface area (Å²) >= 11 is 0. The minimum atomic E-state index is -4.97. The summed E-state index contributed by atoms with van der Waals surface area (Å²) in [5, 5.41) is 9.43. The standard InChI is InChI=1S/C28H34F6N4O4.C22H24F6N2O.C4H8O/c1-17(18-12-20(27(29,30)31)14-21(13-18)28(32,33)34)41-16-26(19-8-6-5-7-9-19)11-10-22(15-35-26)36-23(39)37-38-24(40)42-25(2,3)4;1-14(15-9-17(21(23,24)25)11-18(10-15)22(26,27)28)31-13-20(8-7-19(29)12-30-20)16-5-3-2-4-6-16;1-2-4-5-3-1/h5-9,12-14,17,22,35H,10-11,15-16H2,1-4H3,(H,38,40)(H2,36,37,39);2-6,9-11,14,19,30H,7-8,12-13,29H2,1H3;1-4H2/t17-,22+,26-;14-,19+,20-;/m11./s1. The molecule has 0 radical (unpaired) electrons. The van der Waals surface area contributed by atoms with Crippen LogP contribution in [0.15, 0.2) is 97.1 Å². The number of rotatable bonds is 11. The third-order valence-corrected chi connectivity index (χ3v) is 13.1. The zero-order chi connectivity index (χ0) is 57.7. The molecule has 7 rings (SSSR count). The lowest BCUT2D eigenvalue weighted by atomic mass is 9.81. The van der Waals surface area contributed by atoms with Crippen LogP contribution in [0.2, 0.25) is 0 Å². The molecule has 3 saturated heterocycles. The van der Waals surface area contributed by atoms with Crippen LogP contribution in [-0.4, -0.2) is 69.3 Å². The molecule has 3 amide bonds. The van der Waals surface area contributed by atoms with Crippen molar-refractivity contribution < 1.29 is 81.2 Å². The zero-order valence-electron chi connectivity index (χ0n) is 43.6. The van der Waals surface area contributed by atoms with E-state index in [2.05, 4.69) is 26.8 Å². The fourth-order valence-electron chi connectivity index (χ4n) is 8.72. The van der Waals surface area contributed by atoms with Gasteiger partial charge in [-0.1, -0.05) is 60.7 Å². The fourth-order valence-corrected chi connectivity index (χ4v) is 8.72. The van der Waals surface area contributed by atoms with Gasteiger partial charge < -0.3 is 40.6 Å². The minimum absolute atomic E-state index is 0.0351. The molecule has 78 heavy (non-hydrogen) atoms. The van der Waals surface area contributed by atoms with E-state index in [4.69, 9.17) is 24.7 Å². The molecule has 3 heterocycles. The highest BCUT2D eigenvalue weighted by Gasteiger charge is 2.42. The molecule has 0 unspecified atom stereocenters. The molecule has 0 saturated carbocycles. The molecular formula is C54H66F12N6O6. The molecule has 24 heteroatoms. The SMILES string of the molecule is C1CCOC1.C[C@@H](OC[C@@]1(c2ccccc2)CC[C@H](N)CN1)c1cc(C(F)(F)F)cc(C(F)(F)F)c1.C[C@@H](OC[C@@]1(c2ccccc2)CC[C@H](NC(=O)NNC(=O)OC(C)(C)C)CN1)c1cc(C(F)(F)F)cc(C(F)(F)F)c1. The van der Waals surface area contributed by atoms with Crippen LogP contribution in [0, 0.1) is 0 Å². The third-order valence-electron chi connectivity index (χ3n) is 13.1. The molecule has 0 bridgehead atoms. The predicted molar refractivity (Wildman–Crippen MR) is 265 cm³/mol. The number of amides is 3. The number of nitrogens with two attached hydrogens (primary N) is 1. The summed E-state index contributed by atoms with van der Waals surface area (Å²) in [7, 11) is 0. The number of ether oxygens (including phenoxy) is 4. The maximum Gasteiger partial charge on any atom is 0.426 e. The van der Waals surface area contributed by atoms with Gasteiger partial charge in [0.15, 0.2) is 0 Å². The Bertz CT molecular complexity index is 2450. The Labute approximate surface area is 444 Å². The van der Waals surface area contributed by atoms with Crippen molar-refractivity contribution in [2.75, 3.05) is 39.5 Å². The van der Waals surface area contributed by atoms with Gasteiger partial charge in [0.1, 0.15) is 5.60 Å². The Morgan fingerprint density at radius 3 is 1.33 bits per heavy atom. The molecule has 4 aromatic rings. The smallest absolute Gasteiger partial charge is 0.426 e. The second-order valence-electron chi connectivity index (χ2n) is 20.3. The highest BCUT2D eigenvalue weighted by Crippen LogP contribution is 2.41. The van der Waals surface area contributed by atoms with Crippen molar-refractivity contribution in [2.24, 2.45) is 5.73 Å². The lowest BCUT2D eigenvalue weighted by Crippen LogP contribution is -2.59. The number of piperidine rings is 2. The number of benzene rings is 4. The predicted octanol–water partition coefficient (Wildman–Crippen LogP) is 12.4. The number of hydrogen-bond donors (Lipinski definition) is 6. The van der Waals surface area contributed by atoms with Crippen molar-refractivity contribution >= 4 is 12.1 Å². The van der Waals surface area contributed by atoms with Crippen LogP contribution < -0.4 is 32.5 Å².